The Hall–Kier alpha value is -0.900. The minimum Gasteiger partial charge on any atom is -0.383 e. The maximum Gasteiger partial charge on any atom is 0.0587 e. The van der Waals surface area contributed by atoms with Gasteiger partial charge in [-0.3, -0.25) is 0 Å². The summed E-state index contributed by atoms with van der Waals surface area (Å²) in [6.45, 7) is 4.43. The molecule has 0 aliphatic rings. The summed E-state index contributed by atoms with van der Waals surface area (Å²) in [6, 6.07) is 8.40. The van der Waals surface area contributed by atoms with Crippen molar-refractivity contribution in [3.05, 3.63) is 35.4 Å². The van der Waals surface area contributed by atoms with Crippen LogP contribution in [-0.4, -0.2) is 26.8 Å². The quantitative estimate of drug-likeness (QED) is 0.691. The summed E-state index contributed by atoms with van der Waals surface area (Å²) in [5, 5.41) is 3.25. The molecule has 0 heterocycles. The van der Waals surface area contributed by atoms with E-state index in [1.165, 1.54) is 11.1 Å². The van der Waals surface area contributed by atoms with Crippen LogP contribution in [0.5, 0.6) is 0 Å². The van der Waals surface area contributed by atoms with Crippen LogP contribution in [0, 0.1) is 6.92 Å². The number of nitrogens with one attached hydrogen (secondary N) is 1. The van der Waals surface area contributed by atoms with E-state index >= 15 is 0 Å². The Morgan fingerprint density at radius 1 is 1.33 bits per heavy atom. The Labute approximate surface area is 91.6 Å². The molecule has 15 heavy (non-hydrogen) atoms. The van der Waals surface area contributed by atoms with Crippen molar-refractivity contribution in [1.29, 1.82) is 0 Å². The number of benzene rings is 1. The van der Waals surface area contributed by atoms with Crippen LogP contribution in [-0.2, 0) is 4.74 Å². The van der Waals surface area contributed by atoms with Crippen LogP contribution in [0.15, 0.2) is 24.3 Å². The number of nitrogens with two attached hydrogens (primary N) is 1. The van der Waals surface area contributed by atoms with Crippen molar-refractivity contribution in [1.82, 2.24) is 5.32 Å². The molecule has 1 aromatic rings. The van der Waals surface area contributed by atoms with Gasteiger partial charge in [-0.1, -0.05) is 29.8 Å². The minimum atomic E-state index is 0.0578. The third kappa shape index (κ3) is 4.42. The second-order valence-electron chi connectivity index (χ2n) is 3.71. The maximum atomic E-state index is 6.02. The fourth-order valence-electron chi connectivity index (χ4n) is 1.36. The molecule has 3 heteroatoms. The summed E-state index contributed by atoms with van der Waals surface area (Å²) in [5.41, 5.74) is 8.46. The van der Waals surface area contributed by atoms with Crippen LogP contribution in [0.2, 0.25) is 0 Å². The van der Waals surface area contributed by atoms with Crippen LogP contribution in [0.3, 0.4) is 0 Å². The lowest BCUT2D eigenvalue weighted by Gasteiger charge is -2.13. The molecule has 1 unspecified atom stereocenters. The number of methoxy groups -OCH3 is 1. The molecule has 0 aromatic heterocycles. The van der Waals surface area contributed by atoms with Crippen molar-refractivity contribution in [2.24, 2.45) is 5.73 Å². The Morgan fingerprint density at radius 3 is 2.60 bits per heavy atom. The fourth-order valence-corrected chi connectivity index (χ4v) is 1.36. The normalized spacial score (nSPS) is 12.7. The first-order chi connectivity index (χ1) is 7.24. The van der Waals surface area contributed by atoms with E-state index in [0.29, 0.717) is 0 Å². The molecule has 0 aliphatic heterocycles. The summed E-state index contributed by atoms with van der Waals surface area (Å²) in [6.07, 6.45) is 0. The highest BCUT2D eigenvalue weighted by atomic mass is 16.5. The standard InChI is InChI=1S/C12H20N2O/c1-10-3-5-11(6-4-10)12(13)9-14-7-8-15-2/h3-6,12,14H,7-9,13H2,1-2H3. The van der Waals surface area contributed by atoms with Gasteiger partial charge in [-0.15, -0.1) is 0 Å². The molecule has 3 N–H and O–H groups in total. The summed E-state index contributed by atoms with van der Waals surface area (Å²) in [4.78, 5) is 0. The molecule has 1 aromatic carbocycles. The van der Waals surface area contributed by atoms with Gasteiger partial charge in [0, 0.05) is 26.2 Å². The van der Waals surface area contributed by atoms with Crippen molar-refractivity contribution in [3.8, 4) is 0 Å². The molecule has 0 bridgehead atoms. The van der Waals surface area contributed by atoms with E-state index in [4.69, 9.17) is 10.5 Å². The third-order valence-corrected chi connectivity index (χ3v) is 2.35. The molecule has 0 amide bonds. The highest BCUT2D eigenvalue weighted by Crippen LogP contribution is 2.10. The van der Waals surface area contributed by atoms with Gasteiger partial charge in [0.25, 0.3) is 0 Å². The summed E-state index contributed by atoms with van der Waals surface area (Å²) in [7, 11) is 1.70. The summed E-state index contributed by atoms with van der Waals surface area (Å²) >= 11 is 0. The number of ether oxygens (including phenoxy) is 1. The van der Waals surface area contributed by atoms with E-state index in [1.54, 1.807) is 7.11 Å². The van der Waals surface area contributed by atoms with Crippen LogP contribution in [0.1, 0.15) is 17.2 Å². The molecule has 0 saturated carbocycles. The van der Waals surface area contributed by atoms with E-state index < -0.39 is 0 Å². The van der Waals surface area contributed by atoms with E-state index in [9.17, 15) is 0 Å². The van der Waals surface area contributed by atoms with Crippen LogP contribution < -0.4 is 11.1 Å². The Balaban J connectivity index is 2.33. The van der Waals surface area contributed by atoms with Gasteiger partial charge in [0.05, 0.1) is 6.61 Å². The van der Waals surface area contributed by atoms with Crippen molar-refractivity contribution < 1.29 is 4.74 Å². The molecule has 0 saturated heterocycles. The second-order valence-corrected chi connectivity index (χ2v) is 3.71. The van der Waals surface area contributed by atoms with E-state index in [2.05, 4.69) is 36.5 Å². The molecule has 3 nitrogen and oxygen atoms in total. The molecular weight excluding hydrogens is 188 g/mol. The highest BCUT2D eigenvalue weighted by Gasteiger charge is 2.03. The lowest BCUT2D eigenvalue weighted by atomic mass is 10.1. The largest absolute Gasteiger partial charge is 0.383 e. The van der Waals surface area contributed by atoms with E-state index in [0.717, 1.165) is 19.7 Å². The van der Waals surface area contributed by atoms with E-state index in [1.807, 2.05) is 0 Å². The van der Waals surface area contributed by atoms with Crippen LogP contribution >= 0.6 is 0 Å². The topological polar surface area (TPSA) is 47.3 Å². The third-order valence-electron chi connectivity index (χ3n) is 2.35. The zero-order valence-electron chi connectivity index (χ0n) is 9.49. The first kappa shape index (κ1) is 12.2. The first-order valence-corrected chi connectivity index (χ1v) is 5.26. The number of hydrogen-bond donors (Lipinski definition) is 2. The molecule has 1 atom stereocenters. The van der Waals surface area contributed by atoms with Gasteiger partial charge in [0.2, 0.25) is 0 Å². The van der Waals surface area contributed by atoms with Crippen molar-refractivity contribution in [2.45, 2.75) is 13.0 Å². The van der Waals surface area contributed by atoms with Gasteiger partial charge in [-0.25, -0.2) is 0 Å². The molecule has 0 fully saturated rings. The Bertz CT molecular complexity index is 271. The molecule has 0 spiro atoms. The van der Waals surface area contributed by atoms with Gasteiger partial charge in [-0.2, -0.15) is 0 Å². The molecule has 0 radical (unpaired) electrons. The van der Waals surface area contributed by atoms with Gasteiger partial charge in [-0.05, 0) is 12.5 Å². The zero-order chi connectivity index (χ0) is 11.1. The molecule has 1 rings (SSSR count). The van der Waals surface area contributed by atoms with Crippen LogP contribution in [0.25, 0.3) is 0 Å². The average Bonchev–Trinajstić information content (AvgIpc) is 2.25. The van der Waals surface area contributed by atoms with Crippen LogP contribution in [0.4, 0.5) is 0 Å². The van der Waals surface area contributed by atoms with Gasteiger partial charge < -0.3 is 15.8 Å². The Morgan fingerprint density at radius 2 is 2.00 bits per heavy atom. The lowest BCUT2D eigenvalue weighted by Crippen LogP contribution is -2.29. The van der Waals surface area contributed by atoms with Crippen molar-refractivity contribution >= 4 is 0 Å². The monoisotopic (exact) mass is 208 g/mol. The molecule has 84 valence electrons. The number of rotatable bonds is 6. The second kappa shape index (κ2) is 6.56. The van der Waals surface area contributed by atoms with Crippen molar-refractivity contribution in [2.75, 3.05) is 26.8 Å². The molecular formula is C12H20N2O. The maximum absolute atomic E-state index is 6.02. The lowest BCUT2D eigenvalue weighted by molar-refractivity contribution is 0.199. The fraction of sp³-hybridized carbons (Fsp3) is 0.500. The first-order valence-electron chi connectivity index (χ1n) is 5.26. The average molecular weight is 208 g/mol. The predicted molar refractivity (Wildman–Crippen MR) is 62.9 cm³/mol. The minimum absolute atomic E-state index is 0.0578. The van der Waals surface area contributed by atoms with Crippen molar-refractivity contribution in [3.63, 3.8) is 0 Å². The van der Waals surface area contributed by atoms with Gasteiger partial charge in [0.1, 0.15) is 0 Å². The number of hydrogen-bond acceptors (Lipinski definition) is 3. The highest BCUT2D eigenvalue weighted by molar-refractivity contribution is 5.23. The SMILES string of the molecule is COCCNCC(N)c1ccc(C)cc1. The van der Waals surface area contributed by atoms with Gasteiger partial charge in [0.15, 0.2) is 0 Å². The number of aryl methyl sites for hydroxylation is 1. The Kier molecular flexibility index (Phi) is 5.32. The summed E-state index contributed by atoms with van der Waals surface area (Å²) in [5.74, 6) is 0. The predicted octanol–water partition coefficient (Wildman–Crippen LogP) is 1.23. The van der Waals surface area contributed by atoms with Gasteiger partial charge >= 0.3 is 0 Å². The zero-order valence-corrected chi connectivity index (χ0v) is 9.49. The summed E-state index contributed by atoms with van der Waals surface area (Å²) < 4.78 is 4.94. The smallest absolute Gasteiger partial charge is 0.0587 e. The van der Waals surface area contributed by atoms with E-state index in [-0.39, 0.29) is 6.04 Å². The molecule has 0 aliphatic carbocycles.